The van der Waals surface area contributed by atoms with Gasteiger partial charge < -0.3 is 5.32 Å². The van der Waals surface area contributed by atoms with Crippen molar-refractivity contribution in [2.75, 3.05) is 19.6 Å². The average Bonchev–Trinajstić information content (AvgIpc) is 2.68. The second kappa shape index (κ2) is 10.3. The molecule has 1 saturated heterocycles. The Bertz CT molecular complexity index is 804. The van der Waals surface area contributed by atoms with Crippen LogP contribution in [0.5, 0.6) is 0 Å². The Hall–Kier alpha value is -1.11. The molecule has 0 aromatic heterocycles. The first-order chi connectivity index (χ1) is 13.9. The zero-order valence-electron chi connectivity index (χ0n) is 17.3. The Morgan fingerprint density at radius 1 is 1.10 bits per heavy atom. The van der Waals surface area contributed by atoms with Crippen LogP contribution in [-0.4, -0.2) is 38.3 Å². The van der Waals surface area contributed by atoms with Gasteiger partial charge in [-0.3, -0.25) is 4.79 Å². The molecule has 2 fully saturated rings. The van der Waals surface area contributed by atoms with Crippen LogP contribution in [0.4, 0.5) is 0 Å². The second-order valence-electron chi connectivity index (χ2n) is 8.52. The molecule has 1 aromatic carbocycles. The van der Waals surface area contributed by atoms with Gasteiger partial charge in [0.05, 0.1) is 4.90 Å². The molecular formula is C22H33ClN2O3S. The van der Waals surface area contributed by atoms with Crippen LogP contribution < -0.4 is 5.32 Å². The maximum absolute atomic E-state index is 13.1. The highest BCUT2D eigenvalue weighted by Crippen LogP contribution is 2.29. The van der Waals surface area contributed by atoms with Gasteiger partial charge in [-0.05, 0) is 56.2 Å². The summed E-state index contributed by atoms with van der Waals surface area (Å²) in [6.45, 7) is 3.25. The number of nitrogens with one attached hydrogen (secondary N) is 1. The van der Waals surface area contributed by atoms with E-state index in [-0.39, 0.29) is 22.6 Å². The molecule has 1 aliphatic carbocycles. The summed E-state index contributed by atoms with van der Waals surface area (Å²) in [7, 11) is -3.58. The molecule has 7 heteroatoms. The van der Waals surface area contributed by atoms with Crippen molar-refractivity contribution in [3.05, 3.63) is 28.8 Å². The molecule has 29 heavy (non-hydrogen) atoms. The van der Waals surface area contributed by atoms with Crippen molar-refractivity contribution in [2.24, 2.45) is 11.8 Å². The molecule has 0 radical (unpaired) electrons. The summed E-state index contributed by atoms with van der Waals surface area (Å²) in [6.07, 6.45) is 9.69. The molecule has 1 unspecified atom stereocenters. The molecule has 1 N–H and O–H groups in total. The number of rotatable bonds is 5. The quantitative estimate of drug-likeness (QED) is 0.731. The van der Waals surface area contributed by atoms with E-state index in [1.54, 1.807) is 29.4 Å². The average molecular weight is 441 g/mol. The van der Waals surface area contributed by atoms with Crippen molar-refractivity contribution >= 4 is 27.5 Å². The molecule has 1 aliphatic heterocycles. The fourth-order valence-electron chi connectivity index (χ4n) is 4.53. The molecule has 1 atom stereocenters. The lowest BCUT2D eigenvalue weighted by atomic mass is 9.90. The van der Waals surface area contributed by atoms with Crippen LogP contribution in [0, 0.1) is 18.8 Å². The Labute approximate surface area is 180 Å². The lowest BCUT2D eigenvalue weighted by Gasteiger charge is -2.32. The van der Waals surface area contributed by atoms with Gasteiger partial charge in [-0.25, -0.2) is 8.42 Å². The smallest absolute Gasteiger partial charge is 0.243 e. The van der Waals surface area contributed by atoms with Crippen LogP contribution in [0.3, 0.4) is 0 Å². The van der Waals surface area contributed by atoms with Crippen LogP contribution in [0.15, 0.2) is 23.1 Å². The summed E-state index contributed by atoms with van der Waals surface area (Å²) >= 11 is 6.14. The molecule has 2 aliphatic rings. The van der Waals surface area contributed by atoms with Crippen LogP contribution in [0.2, 0.25) is 5.02 Å². The van der Waals surface area contributed by atoms with E-state index in [2.05, 4.69) is 5.32 Å². The molecule has 0 bridgehead atoms. The standard InChI is InChI=1S/C22H33ClN2O3S/c1-17-20(23)12-7-13-21(17)29(27,28)25-14-8-9-18(16-25)15-24-22(26)19-10-5-3-2-4-6-11-19/h7,12-13,18-19H,2-6,8-11,14-16H2,1H3,(H,24,26). The number of amides is 1. The molecule has 1 aromatic rings. The number of nitrogens with zero attached hydrogens (tertiary/aromatic N) is 1. The highest BCUT2D eigenvalue weighted by Gasteiger charge is 2.32. The van der Waals surface area contributed by atoms with Crippen LogP contribution in [0.25, 0.3) is 0 Å². The van der Waals surface area contributed by atoms with E-state index in [9.17, 15) is 13.2 Å². The number of carbonyl (C=O) groups excluding carboxylic acids is 1. The predicted octanol–water partition coefficient (Wildman–Crippen LogP) is 4.53. The topological polar surface area (TPSA) is 66.5 Å². The van der Waals surface area contributed by atoms with Gasteiger partial charge in [-0.2, -0.15) is 4.31 Å². The third-order valence-corrected chi connectivity index (χ3v) is 8.78. The number of piperidine rings is 1. The van der Waals surface area contributed by atoms with Gasteiger partial charge in [0.25, 0.3) is 0 Å². The van der Waals surface area contributed by atoms with Crippen molar-refractivity contribution in [1.29, 1.82) is 0 Å². The van der Waals surface area contributed by atoms with Gasteiger partial charge in [0.2, 0.25) is 15.9 Å². The maximum atomic E-state index is 13.1. The van der Waals surface area contributed by atoms with Crippen molar-refractivity contribution < 1.29 is 13.2 Å². The summed E-state index contributed by atoms with van der Waals surface area (Å²) < 4.78 is 27.8. The first-order valence-electron chi connectivity index (χ1n) is 10.9. The van der Waals surface area contributed by atoms with E-state index in [1.807, 2.05) is 0 Å². The van der Waals surface area contributed by atoms with E-state index < -0.39 is 10.0 Å². The molecule has 1 amide bonds. The van der Waals surface area contributed by atoms with E-state index in [4.69, 9.17) is 11.6 Å². The maximum Gasteiger partial charge on any atom is 0.243 e. The van der Waals surface area contributed by atoms with Gasteiger partial charge >= 0.3 is 0 Å². The highest BCUT2D eigenvalue weighted by molar-refractivity contribution is 7.89. The minimum Gasteiger partial charge on any atom is -0.356 e. The van der Waals surface area contributed by atoms with Crippen molar-refractivity contribution in [1.82, 2.24) is 9.62 Å². The third kappa shape index (κ3) is 5.74. The normalized spacial score (nSPS) is 22.6. The molecule has 5 nitrogen and oxygen atoms in total. The van der Waals surface area contributed by atoms with Gasteiger partial charge in [-0.1, -0.05) is 49.8 Å². The van der Waals surface area contributed by atoms with Gasteiger partial charge in [-0.15, -0.1) is 0 Å². The van der Waals surface area contributed by atoms with Crippen molar-refractivity contribution in [2.45, 2.75) is 69.6 Å². The Kier molecular flexibility index (Phi) is 7.99. The van der Waals surface area contributed by atoms with E-state index in [1.165, 1.54) is 19.3 Å². The van der Waals surface area contributed by atoms with Crippen molar-refractivity contribution in [3.8, 4) is 0 Å². The monoisotopic (exact) mass is 440 g/mol. The zero-order valence-corrected chi connectivity index (χ0v) is 18.9. The SMILES string of the molecule is Cc1c(Cl)cccc1S(=O)(=O)N1CCCC(CNC(=O)C2CCCCCCC2)C1. The minimum atomic E-state index is -3.58. The fourth-order valence-corrected chi connectivity index (χ4v) is 6.56. The number of hydrogen-bond donors (Lipinski definition) is 1. The first-order valence-corrected chi connectivity index (χ1v) is 12.7. The van der Waals surface area contributed by atoms with Crippen LogP contribution in [-0.2, 0) is 14.8 Å². The number of halogens is 1. The second-order valence-corrected chi connectivity index (χ2v) is 10.8. The Morgan fingerprint density at radius 2 is 1.79 bits per heavy atom. The molecule has 3 rings (SSSR count). The summed E-state index contributed by atoms with van der Waals surface area (Å²) in [5, 5.41) is 3.58. The van der Waals surface area contributed by atoms with Gasteiger partial charge in [0.1, 0.15) is 0 Å². The lowest BCUT2D eigenvalue weighted by Crippen LogP contribution is -2.44. The lowest BCUT2D eigenvalue weighted by molar-refractivity contribution is -0.125. The highest BCUT2D eigenvalue weighted by atomic mass is 35.5. The van der Waals surface area contributed by atoms with E-state index in [0.717, 1.165) is 38.5 Å². The van der Waals surface area contributed by atoms with Crippen LogP contribution >= 0.6 is 11.6 Å². The fraction of sp³-hybridized carbons (Fsp3) is 0.682. The first kappa shape index (κ1) is 22.6. The molecule has 1 saturated carbocycles. The van der Waals surface area contributed by atoms with Crippen LogP contribution in [0.1, 0.15) is 63.4 Å². The summed E-state index contributed by atoms with van der Waals surface area (Å²) in [5.41, 5.74) is 0.592. The largest absolute Gasteiger partial charge is 0.356 e. The number of hydrogen-bond acceptors (Lipinski definition) is 3. The van der Waals surface area contributed by atoms with Gasteiger partial charge in [0, 0.05) is 30.6 Å². The Morgan fingerprint density at radius 3 is 2.52 bits per heavy atom. The minimum absolute atomic E-state index is 0.118. The van der Waals surface area contributed by atoms with E-state index in [0.29, 0.717) is 30.2 Å². The summed E-state index contributed by atoms with van der Waals surface area (Å²) in [4.78, 5) is 12.9. The molecular weight excluding hydrogens is 408 g/mol. The predicted molar refractivity (Wildman–Crippen MR) is 116 cm³/mol. The number of carbonyl (C=O) groups is 1. The molecule has 0 spiro atoms. The van der Waals surface area contributed by atoms with Crippen molar-refractivity contribution in [3.63, 3.8) is 0 Å². The Balaban J connectivity index is 1.59. The molecule has 162 valence electrons. The number of sulfonamides is 1. The summed E-state index contributed by atoms with van der Waals surface area (Å²) in [6, 6.07) is 5.01. The van der Waals surface area contributed by atoms with E-state index >= 15 is 0 Å². The van der Waals surface area contributed by atoms with Gasteiger partial charge in [0.15, 0.2) is 0 Å². The zero-order chi connectivity index (χ0) is 20.9. The number of benzene rings is 1. The molecule has 1 heterocycles. The summed E-state index contributed by atoms with van der Waals surface area (Å²) in [5.74, 6) is 0.418. The third-order valence-electron chi connectivity index (χ3n) is 6.36.